The first-order valence-corrected chi connectivity index (χ1v) is 4.22. The van der Waals surface area contributed by atoms with Crippen molar-refractivity contribution in [2.45, 2.75) is 13.3 Å². The van der Waals surface area contributed by atoms with Crippen LogP contribution in [0.1, 0.15) is 13.3 Å². The van der Waals surface area contributed by atoms with Gasteiger partial charge in [-0.1, -0.05) is 6.92 Å². The Morgan fingerprint density at radius 3 is 2.50 bits per heavy atom. The second kappa shape index (κ2) is 7.29. The summed E-state index contributed by atoms with van der Waals surface area (Å²) in [6, 6.07) is 0. The molecule has 0 heterocycles. The van der Waals surface area contributed by atoms with Gasteiger partial charge in [-0.05, 0) is 19.5 Å². The maximum Gasteiger partial charge on any atom is 0.102 e. The molecule has 0 unspecified atom stereocenters. The fourth-order valence-electron chi connectivity index (χ4n) is 0.831. The Morgan fingerprint density at radius 2 is 2.10 bits per heavy atom. The van der Waals surface area contributed by atoms with Gasteiger partial charge in [-0.15, -0.1) is 11.6 Å². The molecule has 3 heteroatoms. The molecule has 0 aromatic rings. The van der Waals surface area contributed by atoms with E-state index in [-0.39, 0.29) is 6.67 Å². The Balaban J connectivity index is 3.21. The van der Waals surface area contributed by atoms with Crippen LogP contribution in [0.3, 0.4) is 0 Å². The molecule has 0 saturated heterocycles. The van der Waals surface area contributed by atoms with Gasteiger partial charge in [-0.25, -0.2) is 4.39 Å². The summed E-state index contributed by atoms with van der Waals surface area (Å²) in [5.74, 6) is 0.669. The fraction of sp³-hybridized carbons (Fsp3) is 1.00. The maximum atomic E-state index is 11.8. The van der Waals surface area contributed by atoms with E-state index in [4.69, 9.17) is 11.6 Å². The highest BCUT2D eigenvalue weighted by Crippen LogP contribution is 1.92. The van der Waals surface area contributed by atoms with E-state index in [9.17, 15) is 4.39 Å². The Morgan fingerprint density at radius 1 is 1.40 bits per heavy atom. The van der Waals surface area contributed by atoms with Gasteiger partial charge in [0.05, 0.1) is 0 Å². The largest absolute Gasteiger partial charge is 0.301 e. The van der Waals surface area contributed by atoms with Gasteiger partial charge in [0.15, 0.2) is 0 Å². The molecule has 0 saturated carbocycles. The lowest BCUT2D eigenvalue weighted by molar-refractivity contribution is 0.260. The molecule has 0 aromatic heterocycles. The van der Waals surface area contributed by atoms with E-state index < -0.39 is 0 Å². The molecule has 1 nitrogen and oxygen atoms in total. The normalized spacial score (nSPS) is 10.8. The number of hydrogen-bond acceptors (Lipinski definition) is 1. The van der Waals surface area contributed by atoms with Crippen LogP contribution in [-0.2, 0) is 0 Å². The van der Waals surface area contributed by atoms with Crippen LogP contribution in [-0.4, -0.2) is 37.1 Å². The SMILES string of the molecule is CCN(CCF)CCCCl. The van der Waals surface area contributed by atoms with Crippen molar-refractivity contribution in [3.8, 4) is 0 Å². The van der Waals surface area contributed by atoms with E-state index >= 15 is 0 Å². The topological polar surface area (TPSA) is 3.24 Å². The average Bonchev–Trinajstić information content (AvgIpc) is 1.98. The third-order valence-electron chi connectivity index (χ3n) is 1.46. The molecule has 0 radical (unpaired) electrons. The van der Waals surface area contributed by atoms with Crippen LogP contribution in [0.25, 0.3) is 0 Å². The average molecular weight is 168 g/mol. The zero-order valence-electron chi connectivity index (χ0n) is 6.45. The molecule has 0 spiro atoms. The van der Waals surface area contributed by atoms with E-state index in [0.29, 0.717) is 12.4 Å². The molecule has 0 fully saturated rings. The number of hydrogen-bond donors (Lipinski definition) is 0. The van der Waals surface area contributed by atoms with E-state index in [1.165, 1.54) is 0 Å². The summed E-state index contributed by atoms with van der Waals surface area (Å²) in [5, 5.41) is 0. The zero-order chi connectivity index (χ0) is 7.82. The van der Waals surface area contributed by atoms with Crippen molar-refractivity contribution in [3.05, 3.63) is 0 Å². The third-order valence-corrected chi connectivity index (χ3v) is 1.72. The van der Waals surface area contributed by atoms with Crippen LogP contribution in [0.2, 0.25) is 0 Å². The van der Waals surface area contributed by atoms with Crippen molar-refractivity contribution in [2.24, 2.45) is 0 Å². The van der Waals surface area contributed by atoms with Gasteiger partial charge in [-0.3, -0.25) is 0 Å². The summed E-state index contributed by atoms with van der Waals surface area (Å²) in [4.78, 5) is 2.06. The van der Waals surface area contributed by atoms with Gasteiger partial charge >= 0.3 is 0 Å². The highest BCUT2D eigenvalue weighted by molar-refractivity contribution is 6.17. The van der Waals surface area contributed by atoms with E-state index in [1.807, 2.05) is 6.92 Å². The van der Waals surface area contributed by atoms with Gasteiger partial charge in [0.25, 0.3) is 0 Å². The lowest BCUT2D eigenvalue weighted by Gasteiger charge is -2.17. The van der Waals surface area contributed by atoms with E-state index in [1.54, 1.807) is 0 Å². The van der Waals surface area contributed by atoms with Crippen molar-refractivity contribution in [2.75, 3.05) is 32.2 Å². The van der Waals surface area contributed by atoms with Crippen LogP contribution in [0, 0.1) is 0 Å². The summed E-state index contributed by atoms with van der Waals surface area (Å²) >= 11 is 5.48. The van der Waals surface area contributed by atoms with Gasteiger partial charge in [-0.2, -0.15) is 0 Å². The van der Waals surface area contributed by atoms with Crippen LogP contribution in [0.15, 0.2) is 0 Å². The van der Waals surface area contributed by atoms with Crippen LogP contribution >= 0.6 is 11.6 Å². The summed E-state index contributed by atoms with van der Waals surface area (Å²) in [6.07, 6.45) is 0.954. The monoisotopic (exact) mass is 167 g/mol. The molecule has 0 aromatic carbocycles. The second-order valence-electron chi connectivity index (χ2n) is 2.17. The van der Waals surface area contributed by atoms with Crippen molar-refractivity contribution >= 4 is 11.6 Å². The molecule has 0 rings (SSSR count). The Bertz CT molecular complexity index is 70.6. The predicted octanol–water partition coefficient (Wildman–Crippen LogP) is 1.91. The summed E-state index contributed by atoms with van der Waals surface area (Å²) < 4.78 is 11.8. The van der Waals surface area contributed by atoms with Gasteiger partial charge < -0.3 is 4.90 Å². The molecular formula is C7H15ClFN. The summed E-state index contributed by atoms with van der Waals surface area (Å²) in [6.45, 7) is 4.16. The first kappa shape index (κ1) is 10.2. The molecule has 0 aliphatic heterocycles. The van der Waals surface area contributed by atoms with Gasteiger partial charge in [0, 0.05) is 12.4 Å². The zero-order valence-corrected chi connectivity index (χ0v) is 7.20. The second-order valence-corrected chi connectivity index (χ2v) is 2.54. The molecule has 0 bridgehead atoms. The van der Waals surface area contributed by atoms with Crippen LogP contribution < -0.4 is 0 Å². The Labute approximate surface area is 67.2 Å². The molecule has 0 atom stereocenters. The van der Waals surface area contributed by atoms with Crippen LogP contribution in [0.4, 0.5) is 4.39 Å². The maximum absolute atomic E-state index is 11.8. The summed E-state index contributed by atoms with van der Waals surface area (Å²) in [5.41, 5.74) is 0. The molecule has 0 aliphatic carbocycles. The van der Waals surface area contributed by atoms with Crippen molar-refractivity contribution in [1.29, 1.82) is 0 Å². The van der Waals surface area contributed by atoms with Crippen molar-refractivity contribution in [3.63, 3.8) is 0 Å². The van der Waals surface area contributed by atoms with Crippen molar-refractivity contribution in [1.82, 2.24) is 4.90 Å². The fourth-order valence-corrected chi connectivity index (χ4v) is 0.950. The number of alkyl halides is 2. The minimum atomic E-state index is -0.254. The minimum Gasteiger partial charge on any atom is -0.301 e. The standard InChI is InChI=1S/C7H15ClFN/c1-2-10(7-5-9)6-3-4-8/h2-7H2,1H3. The molecule has 0 aliphatic rings. The molecule has 62 valence electrons. The Kier molecular flexibility index (Phi) is 7.42. The van der Waals surface area contributed by atoms with Gasteiger partial charge in [0.1, 0.15) is 6.67 Å². The predicted molar refractivity (Wildman–Crippen MR) is 43.4 cm³/mol. The van der Waals surface area contributed by atoms with E-state index in [2.05, 4.69) is 4.90 Å². The highest BCUT2D eigenvalue weighted by atomic mass is 35.5. The van der Waals surface area contributed by atoms with Gasteiger partial charge in [0.2, 0.25) is 0 Å². The summed E-state index contributed by atoms with van der Waals surface area (Å²) in [7, 11) is 0. The number of nitrogens with zero attached hydrogens (tertiary/aromatic N) is 1. The quantitative estimate of drug-likeness (QED) is 0.547. The third kappa shape index (κ3) is 5.00. The number of rotatable bonds is 6. The Hall–Kier alpha value is 0.180. The van der Waals surface area contributed by atoms with E-state index in [0.717, 1.165) is 19.5 Å². The first-order valence-electron chi connectivity index (χ1n) is 3.69. The smallest absolute Gasteiger partial charge is 0.102 e. The molecule has 0 N–H and O–H groups in total. The molecule has 10 heavy (non-hydrogen) atoms. The van der Waals surface area contributed by atoms with Crippen molar-refractivity contribution < 1.29 is 4.39 Å². The number of halogens is 2. The lowest BCUT2D eigenvalue weighted by Crippen LogP contribution is -2.26. The molecular weight excluding hydrogens is 153 g/mol. The molecule has 0 amide bonds. The minimum absolute atomic E-state index is 0.254. The van der Waals surface area contributed by atoms with Crippen LogP contribution in [0.5, 0.6) is 0 Å². The lowest BCUT2D eigenvalue weighted by atomic mass is 10.4. The highest BCUT2D eigenvalue weighted by Gasteiger charge is 1.99. The first-order chi connectivity index (χ1) is 4.85.